The largest absolute Gasteiger partial charge is 0.465 e. The van der Waals surface area contributed by atoms with Crippen LogP contribution in [-0.4, -0.2) is 257 Å². The number of carbonyl (C=O) groups is 6. The Labute approximate surface area is 612 Å². The third kappa shape index (κ3) is 23.0. The number of piperidine rings is 1. The Balaban J connectivity index is 0.840. The molecule has 28 heteroatoms. The predicted octanol–water partition coefficient (Wildman–Crippen LogP) is 5.42. The first kappa shape index (κ1) is 82.1. The number of aliphatic hydroxyl groups excluding tert-OH is 2. The molecule has 0 spiro atoms. The van der Waals surface area contributed by atoms with Crippen LogP contribution in [-0.2, 0) is 63.7 Å². The average molecular weight is 1460 g/mol. The molecule has 2 bridgehead atoms. The van der Waals surface area contributed by atoms with E-state index < -0.39 is 102 Å². The molecule has 5 fully saturated rings. The summed E-state index contributed by atoms with van der Waals surface area (Å²) in [5.74, 6) is -6.57. The molecule has 6 aliphatic rings. The van der Waals surface area contributed by atoms with Gasteiger partial charge in [0.1, 0.15) is 30.5 Å². The predicted molar refractivity (Wildman–Crippen MR) is 390 cm³/mol. The van der Waals surface area contributed by atoms with Gasteiger partial charge in [-0.1, -0.05) is 64.2 Å². The van der Waals surface area contributed by atoms with E-state index in [9.17, 15) is 44.1 Å². The molecule has 7 heterocycles. The molecule has 27 nitrogen and oxygen atoms in total. The van der Waals surface area contributed by atoms with Crippen LogP contribution in [0.15, 0.2) is 72.4 Å². The smallest absolute Gasteiger partial charge is 0.329 e. The molecule has 5 aliphatic heterocycles. The molecule has 0 radical (unpaired) electrons. The standard InChI is InChI=1S/C75H113N11O16S/c1-47-16-12-11-13-17-48(2)62(96-8)40-57-21-19-52(6)75(95,102-57)69(92)70(93)86-24-15-14-18-59(86)71(94)100-63(41-60(88)49(3)37-51(5)67(91)68(98-10)66(90)50(4)36-47)58(76)38-54-20-22-61(64(39-54)97-9)101-74(103)81-44-55-42-77-72(78-43-55)85-31-29-83(30-32-85)65(89)23-34-99-35-33-82-25-27-84(28-26-82)73-79-45-56(46-80-73)53(7)87/h11-13,16-17,37,42-43,45-47,49-50,52,54,57-64,67-68,88,91,95H,14-15,18-36,38-41,44,76H2,1-10H3,(H,81,103)/b13-11+,16-12+,48-17+,51-37+/t47-,49-,50-,52-,54+,57+,58-,59+,60-,61-,62+,63+,64-,67-,68+,75-/m1/s1. The summed E-state index contributed by atoms with van der Waals surface area (Å²) in [6.45, 7) is 19.7. The first-order valence-corrected chi connectivity index (χ1v) is 37.3. The van der Waals surface area contributed by atoms with Gasteiger partial charge in [0.25, 0.3) is 16.9 Å². The van der Waals surface area contributed by atoms with Crippen molar-refractivity contribution in [1.29, 1.82) is 0 Å². The van der Waals surface area contributed by atoms with Crippen LogP contribution in [0.2, 0.25) is 0 Å². The number of amides is 2. The molecule has 1 aliphatic carbocycles. The fraction of sp³-hybridized carbons (Fsp3) is 0.693. The zero-order chi connectivity index (χ0) is 74.5. The van der Waals surface area contributed by atoms with Gasteiger partial charge in [0.15, 0.2) is 11.6 Å². The Morgan fingerprint density at radius 1 is 0.767 bits per heavy atom. The molecule has 8 rings (SSSR count). The van der Waals surface area contributed by atoms with Crippen molar-refractivity contribution in [2.24, 2.45) is 35.3 Å². The van der Waals surface area contributed by atoms with Crippen LogP contribution in [0.25, 0.3) is 0 Å². The van der Waals surface area contributed by atoms with Crippen molar-refractivity contribution >= 4 is 64.4 Å². The minimum atomic E-state index is -2.48. The van der Waals surface area contributed by atoms with E-state index >= 15 is 0 Å². The molecule has 2 aromatic rings. The molecule has 570 valence electrons. The lowest BCUT2D eigenvalue weighted by Gasteiger charge is -2.43. The quantitative estimate of drug-likeness (QED) is 0.0310. The molecule has 4 saturated heterocycles. The number of methoxy groups -OCH3 is 3. The number of hydrogen-bond acceptors (Lipinski definition) is 25. The van der Waals surface area contributed by atoms with E-state index in [1.54, 1.807) is 65.9 Å². The summed E-state index contributed by atoms with van der Waals surface area (Å²) in [5, 5.41) is 39.2. The van der Waals surface area contributed by atoms with Gasteiger partial charge in [0.2, 0.25) is 23.6 Å². The highest BCUT2D eigenvalue weighted by atomic mass is 32.1. The molecule has 16 atom stereocenters. The summed E-state index contributed by atoms with van der Waals surface area (Å²) < 4.78 is 42.4. The number of nitrogens with one attached hydrogen (secondary N) is 1. The maximum Gasteiger partial charge on any atom is 0.329 e. The highest BCUT2D eigenvalue weighted by Gasteiger charge is 2.53. The molecule has 2 aromatic heterocycles. The number of ether oxygens (including phenoxy) is 7. The third-order valence-corrected chi connectivity index (χ3v) is 21.6. The molecule has 103 heavy (non-hydrogen) atoms. The number of aliphatic hydroxyl groups is 3. The average Bonchev–Trinajstić information content (AvgIpc) is 0.774. The van der Waals surface area contributed by atoms with E-state index in [1.807, 2.05) is 56.1 Å². The number of rotatable bonds is 18. The molecule has 6 N–H and O–H groups in total. The summed E-state index contributed by atoms with van der Waals surface area (Å²) in [5.41, 5.74) is 9.66. The van der Waals surface area contributed by atoms with Crippen molar-refractivity contribution in [3.63, 3.8) is 0 Å². The minimum Gasteiger partial charge on any atom is -0.465 e. The van der Waals surface area contributed by atoms with Crippen LogP contribution < -0.4 is 20.9 Å². The fourth-order valence-electron chi connectivity index (χ4n) is 14.7. The normalized spacial score (nSPS) is 32.4. The molecule has 2 amide bonds. The van der Waals surface area contributed by atoms with Gasteiger partial charge >= 0.3 is 5.97 Å². The summed E-state index contributed by atoms with van der Waals surface area (Å²) in [4.78, 5) is 110. The Hall–Kier alpha value is -6.57. The number of cyclic esters (lactones) is 1. The van der Waals surface area contributed by atoms with Crippen molar-refractivity contribution < 1.29 is 77.2 Å². The van der Waals surface area contributed by atoms with E-state index in [0.717, 1.165) is 43.9 Å². The number of anilines is 2. The maximum absolute atomic E-state index is 14.8. The summed E-state index contributed by atoms with van der Waals surface area (Å²) in [6.07, 6.45) is 16.1. The first-order chi connectivity index (χ1) is 49.3. The zero-order valence-electron chi connectivity index (χ0n) is 62.0. The lowest BCUT2D eigenvalue weighted by atomic mass is 9.80. The van der Waals surface area contributed by atoms with Gasteiger partial charge in [-0.2, -0.15) is 0 Å². The second kappa shape index (κ2) is 39.7. The van der Waals surface area contributed by atoms with Crippen molar-refractivity contribution in [2.45, 2.75) is 205 Å². The Morgan fingerprint density at radius 2 is 1.45 bits per heavy atom. The SMILES string of the molecule is CO[C@H]1C[C@@H]2CC[C@@H](C)[C@@](O)(O2)C(=O)C(=O)N2CCCC[C@H]2C(=O)O[C@H]([C@H](N)C[C@@H]2CC[C@@H](OC(=S)NCc3cnc(N4CCN(C(=O)CCOCCN5CCN(c6ncc(C(C)=O)cn6)CC5)CC4)nc3)[C@H](OC)C2)C[C@@H](O)[C@H](C)/C=C(\C)[C@@H](O)[C@@H](OC)C(=O)[C@H](C)C[C@H](C)/C=C/C=C/C=C/1C. The highest BCUT2D eigenvalue weighted by molar-refractivity contribution is 7.80. The minimum absolute atomic E-state index is 0.00856. The van der Waals surface area contributed by atoms with Crippen LogP contribution in [0.1, 0.15) is 148 Å². The van der Waals surface area contributed by atoms with E-state index in [0.29, 0.717) is 133 Å². The topological polar surface area (TPSA) is 334 Å². The summed E-state index contributed by atoms with van der Waals surface area (Å²) in [7, 11) is 4.55. The monoisotopic (exact) mass is 1460 g/mol. The second-order valence-electron chi connectivity index (χ2n) is 29.0. The van der Waals surface area contributed by atoms with Crippen molar-refractivity contribution in [2.75, 3.05) is 110 Å². The zero-order valence-corrected chi connectivity index (χ0v) is 62.8. The second-order valence-corrected chi connectivity index (χ2v) is 29.4. The van der Waals surface area contributed by atoms with Gasteiger partial charge in [0.05, 0.1) is 49.6 Å². The molecular formula is C75H113N11O16S. The van der Waals surface area contributed by atoms with Crippen LogP contribution in [0.4, 0.5) is 11.9 Å². The number of thiocarbonyl (C=S) groups is 1. The van der Waals surface area contributed by atoms with Gasteiger partial charge in [-0.3, -0.25) is 28.9 Å². The number of allylic oxidation sites excluding steroid dienone is 5. The number of aromatic nitrogens is 4. The number of carbonyl (C=O) groups excluding carboxylic acids is 6. The number of hydrogen-bond donors (Lipinski definition) is 5. The Kier molecular flexibility index (Phi) is 31.6. The number of piperazine rings is 2. The van der Waals surface area contributed by atoms with Gasteiger partial charge in [-0.25, -0.2) is 24.7 Å². The third-order valence-electron chi connectivity index (χ3n) is 21.4. The van der Waals surface area contributed by atoms with Crippen LogP contribution in [0.3, 0.4) is 0 Å². The van der Waals surface area contributed by atoms with Crippen LogP contribution in [0, 0.1) is 29.6 Å². The molecule has 1 saturated carbocycles. The maximum atomic E-state index is 14.8. The van der Waals surface area contributed by atoms with Crippen molar-refractivity contribution in [3.8, 4) is 0 Å². The van der Waals surface area contributed by atoms with Crippen LogP contribution >= 0.6 is 12.2 Å². The van der Waals surface area contributed by atoms with Gasteiger partial charge in [0, 0.05) is 160 Å². The number of esters is 1. The number of ketones is 3. The van der Waals surface area contributed by atoms with Crippen LogP contribution in [0.5, 0.6) is 0 Å². The van der Waals surface area contributed by atoms with Gasteiger partial charge in [-0.15, -0.1) is 0 Å². The van der Waals surface area contributed by atoms with Crippen molar-refractivity contribution in [1.82, 2.24) is 40.0 Å². The summed E-state index contributed by atoms with van der Waals surface area (Å²) >= 11 is 5.70. The number of nitrogens with two attached hydrogens (primary N) is 1. The molecule has 0 unspecified atom stereocenters. The summed E-state index contributed by atoms with van der Waals surface area (Å²) in [6, 6.07) is -2.07. The van der Waals surface area contributed by atoms with E-state index in [2.05, 4.69) is 40.0 Å². The van der Waals surface area contributed by atoms with E-state index in [-0.39, 0.29) is 60.3 Å². The number of nitrogens with zero attached hydrogens (tertiary/aromatic N) is 9. The van der Waals surface area contributed by atoms with E-state index in [4.69, 9.17) is 51.1 Å². The van der Waals surface area contributed by atoms with Gasteiger partial charge in [-0.05, 0) is 120 Å². The van der Waals surface area contributed by atoms with Gasteiger partial charge < -0.3 is 79.1 Å². The molecular weight excluding hydrogens is 1340 g/mol. The number of Topliss-reactive ketones (excluding diaryl/α,β-unsaturated/α-hetero) is 3. The van der Waals surface area contributed by atoms with E-state index in [1.165, 1.54) is 18.9 Å². The molecule has 0 aromatic carbocycles. The van der Waals surface area contributed by atoms with Crippen molar-refractivity contribution in [3.05, 3.63) is 83.5 Å². The Morgan fingerprint density at radius 3 is 2.11 bits per heavy atom. The first-order valence-electron chi connectivity index (χ1n) is 36.9. The highest BCUT2D eigenvalue weighted by Crippen LogP contribution is 2.38. The number of fused-ring (bicyclic) bond motifs is 3. The lowest BCUT2D eigenvalue weighted by molar-refractivity contribution is -0.265. The fourth-order valence-corrected chi connectivity index (χ4v) is 14.9. The Bertz CT molecular complexity index is 3260. The lowest BCUT2D eigenvalue weighted by Crippen LogP contribution is -2.61.